The molecule has 14 heavy (non-hydrogen) atoms. The summed E-state index contributed by atoms with van der Waals surface area (Å²) in [6.07, 6.45) is 2.52. The van der Waals surface area contributed by atoms with Crippen molar-refractivity contribution in [1.82, 2.24) is 0 Å². The van der Waals surface area contributed by atoms with Crippen molar-refractivity contribution in [1.29, 1.82) is 0 Å². The second-order valence-corrected chi connectivity index (χ2v) is 4.06. The van der Waals surface area contributed by atoms with E-state index in [1.165, 1.54) is 18.4 Å². The SMILES string of the molecule is COc1c(C)cccc1C(N)C1CC1. The fourth-order valence-electron chi connectivity index (χ4n) is 1.93. The van der Waals surface area contributed by atoms with Crippen LogP contribution in [-0.4, -0.2) is 7.11 Å². The van der Waals surface area contributed by atoms with Crippen molar-refractivity contribution in [3.63, 3.8) is 0 Å². The Balaban J connectivity index is 2.35. The zero-order valence-electron chi connectivity index (χ0n) is 8.79. The molecule has 2 heteroatoms. The van der Waals surface area contributed by atoms with Crippen molar-refractivity contribution in [2.24, 2.45) is 11.7 Å². The highest BCUT2D eigenvalue weighted by atomic mass is 16.5. The van der Waals surface area contributed by atoms with E-state index in [0.29, 0.717) is 5.92 Å². The Morgan fingerprint density at radius 2 is 2.14 bits per heavy atom. The predicted octanol–water partition coefficient (Wildman–Crippen LogP) is 2.41. The van der Waals surface area contributed by atoms with Gasteiger partial charge in [0.2, 0.25) is 0 Å². The molecule has 0 bridgehead atoms. The molecule has 1 saturated carbocycles. The molecule has 0 spiro atoms. The van der Waals surface area contributed by atoms with Crippen molar-refractivity contribution in [3.8, 4) is 5.75 Å². The molecule has 1 unspecified atom stereocenters. The fourth-order valence-corrected chi connectivity index (χ4v) is 1.93. The van der Waals surface area contributed by atoms with E-state index >= 15 is 0 Å². The van der Waals surface area contributed by atoms with Crippen LogP contribution in [0.25, 0.3) is 0 Å². The Hall–Kier alpha value is -1.02. The summed E-state index contributed by atoms with van der Waals surface area (Å²) in [6, 6.07) is 6.34. The van der Waals surface area contributed by atoms with Crippen LogP contribution < -0.4 is 10.5 Å². The minimum absolute atomic E-state index is 0.157. The minimum Gasteiger partial charge on any atom is -0.496 e. The van der Waals surface area contributed by atoms with Gasteiger partial charge >= 0.3 is 0 Å². The maximum atomic E-state index is 6.17. The molecule has 1 aliphatic carbocycles. The zero-order chi connectivity index (χ0) is 10.1. The maximum absolute atomic E-state index is 6.17. The van der Waals surface area contributed by atoms with E-state index < -0.39 is 0 Å². The van der Waals surface area contributed by atoms with Crippen molar-refractivity contribution in [2.45, 2.75) is 25.8 Å². The number of rotatable bonds is 3. The van der Waals surface area contributed by atoms with Crippen LogP contribution in [0, 0.1) is 12.8 Å². The smallest absolute Gasteiger partial charge is 0.126 e. The average Bonchev–Trinajstić information content (AvgIpc) is 2.99. The molecule has 0 radical (unpaired) electrons. The van der Waals surface area contributed by atoms with E-state index in [1.54, 1.807) is 7.11 Å². The molecule has 76 valence electrons. The van der Waals surface area contributed by atoms with E-state index in [0.717, 1.165) is 11.3 Å². The molecule has 0 saturated heterocycles. The summed E-state index contributed by atoms with van der Waals surface area (Å²) in [7, 11) is 1.71. The Kier molecular flexibility index (Phi) is 2.46. The Labute approximate surface area is 85.1 Å². The third kappa shape index (κ3) is 1.62. The summed E-state index contributed by atoms with van der Waals surface area (Å²) in [6.45, 7) is 2.06. The van der Waals surface area contributed by atoms with Gasteiger partial charge in [0.25, 0.3) is 0 Å². The van der Waals surface area contributed by atoms with Gasteiger partial charge in [-0.05, 0) is 31.2 Å². The highest BCUT2D eigenvalue weighted by Gasteiger charge is 2.31. The Morgan fingerprint density at radius 1 is 1.43 bits per heavy atom. The summed E-state index contributed by atoms with van der Waals surface area (Å²) < 4.78 is 5.40. The van der Waals surface area contributed by atoms with Crippen LogP contribution in [0.3, 0.4) is 0 Å². The summed E-state index contributed by atoms with van der Waals surface area (Å²) >= 11 is 0. The lowest BCUT2D eigenvalue weighted by molar-refractivity contribution is 0.400. The van der Waals surface area contributed by atoms with E-state index in [4.69, 9.17) is 10.5 Å². The highest BCUT2D eigenvalue weighted by Crippen LogP contribution is 2.42. The molecule has 1 fully saturated rings. The first-order valence-corrected chi connectivity index (χ1v) is 5.13. The lowest BCUT2D eigenvalue weighted by atomic mass is 10.00. The van der Waals surface area contributed by atoms with Crippen molar-refractivity contribution in [3.05, 3.63) is 29.3 Å². The average molecular weight is 191 g/mol. The lowest BCUT2D eigenvalue weighted by Gasteiger charge is -2.16. The van der Waals surface area contributed by atoms with Gasteiger partial charge in [0.05, 0.1) is 7.11 Å². The zero-order valence-corrected chi connectivity index (χ0v) is 8.79. The van der Waals surface area contributed by atoms with Gasteiger partial charge in [0, 0.05) is 11.6 Å². The van der Waals surface area contributed by atoms with Crippen LogP contribution in [0.15, 0.2) is 18.2 Å². The standard InChI is InChI=1S/C12H17NO/c1-8-4-3-5-10(12(8)14-2)11(13)9-6-7-9/h3-5,9,11H,6-7,13H2,1-2H3. The van der Waals surface area contributed by atoms with E-state index in [2.05, 4.69) is 25.1 Å². The van der Waals surface area contributed by atoms with Crippen LogP contribution in [0.4, 0.5) is 0 Å². The molecule has 2 N–H and O–H groups in total. The fraction of sp³-hybridized carbons (Fsp3) is 0.500. The monoisotopic (exact) mass is 191 g/mol. The number of ether oxygens (including phenoxy) is 1. The second-order valence-electron chi connectivity index (χ2n) is 4.06. The molecular formula is C12H17NO. The molecule has 2 nitrogen and oxygen atoms in total. The lowest BCUT2D eigenvalue weighted by Crippen LogP contribution is -2.13. The second kappa shape index (κ2) is 3.62. The van der Waals surface area contributed by atoms with Crippen LogP contribution in [-0.2, 0) is 0 Å². The van der Waals surface area contributed by atoms with Crippen molar-refractivity contribution in [2.75, 3.05) is 7.11 Å². The van der Waals surface area contributed by atoms with Crippen molar-refractivity contribution >= 4 is 0 Å². The van der Waals surface area contributed by atoms with Gasteiger partial charge < -0.3 is 10.5 Å². The first-order chi connectivity index (χ1) is 6.74. The van der Waals surface area contributed by atoms with Gasteiger partial charge in [0.15, 0.2) is 0 Å². The minimum atomic E-state index is 0.157. The van der Waals surface area contributed by atoms with E-state index in [-0.39, 0.29) is 6.04 Å². The highest BCUT2D eigenvalue weighted by molar-refractivity contribution is 5.43. The molecule has 1 aliphatic rings. The molecule has 0 heterocycles. The normalized spacial score (nSPS) is 17.9. The number of hydrogen-bond donors (Lipinski definition) is 1. The van der Waals surface area contributed by atoms with Gasteiger partial charge in [-0.25, -0.2) is 0 Å². The van der Waals surface area contributed by atoms with Crippen LogP contribution >= 0.6 is 0 Å². The third-order valence-electron chi connectivity index (χ3n) is 2.94. The number of para-hydroxylation sites is 1. The van der Waals surface area contributed by atoms with Crippen LogP contribution in [0.2, 0.25) is 0 Å². The summed E-state index contributed by atoms with van der Waals surface area (Å²) in [5.41, 5.74) is 8.50. The van der Waals surface area contributed by atoms with Crippen molar-refractivity contribution < 1.29 is 4.74 Å². The molecule has 0 aliphatic heterocycles. The summed E-state index contributed by atoms with van der Waals surface area (Å²) in [5.74, 6) is 1.64. The molecule has 0 aromatic heterocycles. The quantitative estimate of drug-likeness (QED) is 0.796. The molecular weight excluding hydrogens is 174 g/mol. The number of aryl methyl sites for hydroxylation is 1. The molecule has 1 aromatic carbocycles. The maximum Gasteiger partial charge on any atom is 0.126 e. The van der Waals surface area contributed by atoms with E-state index in [9.17, 15) is 0 Å². The number of nitrogens with two attached hydrogens (primary N) is 1. The van der Waals surface area contributed by atoms with Crippen LogP contribution in [0.1, 0.15) is 30.0 Å². The van der Waals surface area contributed by atoms with Gasteiger partial charge in [0.1, 0.15) is 5.75 Å². The van der Waals surface area contributed by atoms with Crippen LogP contribution in [0.5, 0.6) is 5.75 Å². The topological polar surface area (TPSA) is 35.2 Å². The molecule has 2 rings (SSSR count). The van der Waals surface area contributed by atoms with Gasteiger partial charge in [-0.3, -0.25) is 0 Å². The Bertz CT molecular complexity index is 331. The number of methoxy groups -OCH3 is 1. The first kappa shape index (κ1) is 9.53. The molecule has 0 amide bonds. The van der Waals surface area contributed by atoms with Gasteiger partial charge in [-0.2, -0.15) is 0 Å². The molecule has 1 atom stereocenters. The Morgan fingerprint density at radius 3 is 2.71 bits per heavy atom. The predicted molar refractivity (Wildman–Crippen MR) is 57.4 cm³/mol. The summed E-state index contributed by atoms with van der Waals surface area (Å²) in [5, 5.41) is 0. The molecule has 1 aromatic rings. The largest absolute Gasteiger partial charge is 0.496 e. The number of hydrogen-bond acceptors (Lipinski definition) is 2. The summed E-state index contributed by atoms with van der Waals surface area (Å²) in [4.78, 5) is 0. The van der Waals surface area contributed by atoms with Gasteiger partial charge in [-0.15, -0.1) is 0 Å². The van der Waals surface area contributed by atoms with E-state index in [1.807, 2.05) is 0 Å². The third-order valence-corrected chi connectivity index (χ3v) is 2.94. The number of benzene rings is 1. The first-order valence-electron chi connectivity index (χ1n) is 5.13. The van der Waals surface area contributed by atoms with Gasteiger partial charge in [-0.1, -0.05) is 18.2 Å².